The number of unbranched alkanes of at least 4 members (excludes halogenated alkanes) is 2. The molecule has 112 valence electrons. The second kappa shape index (κ2) is 8.58. The molecular formula is C17H27NOS. The number of methoxy groups -OCH3 is 1. The van der Waals surface area contributed by atoms with E-state index in [2.05, 4.69) is 30.4 Å². The molecule has 0 bridgehead atoms. The minimum Gasteiger partial charge on any atom is -0.496 e. The van der Waals surface area contributed by atoms with Gasteiger partial charge in [0.2, 0.25) is 0 Å². The van der Waals surface area contributed by atoms with Gasteiger partial charge < -0.3 is 10.1 Å². The summed E-state index contributed by atoms with van der Waals surface area (Å²) in [6.07, 6.45) is 6.65. The first-order chi connectivity index (χ1) is 9.83. The molecule has 1 fully saturated rings. The Morgan fingerprint density at radius 3 is 2.85 bits per heavy atom. The van der Waals surface area contributed by atoms with Crippen molar-refractivity contribution >= 4 is 11.8 Å². The summed E-state index contributed by atoms with van der Waals surface area (Å²) in [5, 5.41) is 3.57. The van der Waals surface area contributed by atoms with Crippen LogP contribution in [0.4, 0.5) is 0 Å². The summed E-state index contributed by atoms with van der Waals surface area (Å²) in [4.78, 5) is 0. The normalized spacial score (nSPS) is 14.5. The maximum absolute atomic E-state index is 5.48. The van der Waals surface area contributed by atoms with E-state index in [1.165, 1.54) is 49.0 Å². The first kappa shape index (κ1) is 15.7. The monoisotopic (exact) mass is 293 g/mol. The van der Waals surface area contributed by atoms with Crippen LogP contribution in [0.3, 0.4) is 0 Å². The Morgan fingerprint density at radius 2 is 2.15 bits per heavy atom. The molecule has 2 nitrogen and oxygen atoms in total. The van der Waals surface area contributed by atoms with Gasteiger partial charge in [-0.05, 0) is 42.7 Å². The lowest BCUT2D eigenvalue weighted by atomic mass is 10.1. The zero-order valence-corrected chi connectivity index (χ0v) is 13.6. The van der Waals surface area contributed by atoms with E-state index in [0.717, 1.165) is 24.1 Å². The maximum Gasteiger partial charge on any atom is 0.122 e. The smallest absolute Gasteiger partial charge is 0.122 e. The number of benzene rings is 1. The third-order valence-corrected chi connectivity index (χ3v) is 4.76. The fourth-order valence-corrected chi connectivity index (χ4v) is 3.24. The van der Waals surface area contributed by atoms with Crippen LogP contribution >= 0.6 is 11.8 Å². The van der Waals surface area contributed by atoms with Gasteiger partial charge in [-0.1, -0.05) is 25.8 Å². The van der Waals surface area contributed by atoms with Crippen molar-refractivity contribution in [3.8, 4) is 5.75 Å². The van der Waals surface area contributed by atoms with Crippen molar-refractivity contribution in [1.82, 2.24) is 5.32 Å². The molecule has 1 aliphatic rings. The SMILES string of the molecule is CCCCCSCc1cc(CNC2CC2)ccc1OC. The molecule has 0 aromatic heterocycles. The first-order valence-corrected chi connectivity index (χ1v) is 8.96. The van der Waals surface area contributed by atoms with Gasteiger partial charge in [0.25, 0.3) is 0 Å². The lowest BCUT2D eigenvalue weighted by molar-refractivity contribution is 0.411. The van der Waals surface area contributed by atoms with Crippen molar-refractivity contribution in [3.05, 3.63) is 29.3 Å². The molecule has 0 saturated heterocycles. The molecule has 1 aromatic carbocycles. The largest absolute Gasteiger partial charge is 0.496 e. The molecule has 0 unspecified atom stereocenters. The fraction of sp³-hybridized carbons (Fsp3) is 0.647. The summed E-state index contributed by atoms with van der Waals surface area (Å²) in [6, 6.07) is 7.37. The van der Waals surface area contributed by atoms with Gasteiger partial charge in [-0.15, -0.1) is 0 Å². The molecular weight excluding hydrogens is 266 g/mol. The number of thioether (sulfide) groups is 1. The van der Waals surface area contributed by atoms with Crippen molar-refractivity contribution in [2.24, 2.45) is 0 Å². The van der Waals surface area contributed by atoms with Crippen LogP contribution in [-0.2, 0) is 12.3 Å². The van der Waals surface area contributed by atoms with Crippen molar-refractivity contribution in [1.29, 1.82) is 0 Å². The predicted molar refractivity (Wildman–Crippen MR) is 88.5 cm³/mol. The minimum absolute atomic E-state index is 0.768. The van der Waals surface area contributed by atoms with Crippen LogP contribution in [-0.4, -0.2) is 18.9 Å². The van der Waals surface area contributed by atoms with Crippen molar-refractivity contribution in [2.75, 3.05) is 12.9 Å². The summed E-state index contributed by atoms with van der Waals surface area (Å²) < 4.78 is 5.48. The Balaban J connectivity index is 1.84. The lowest BCUT2D eigenvalue weighted by Crippen LogP contribution is -2.15. The molecule has 0 heterocycles. The van der Waals surface area contributed by atoms with E-state index in [1.807, 2.05) is 11.8 Å². The molecule has 0 amide bonds. The molecule has 0 radical (unpaired) electrons. The molecule has 0 spiro atoms. The molecule has 1 aliphatic carbocycles. The summed E-state index contributed by atoms with van der Waals surface area (Å²) in [5.41, 5.74) is 2.71. The predicted octanol–water partition coefficient (Wildman–Crippen LogP) is 4.37. The second-order valence-electron chi connectivity index (χ2n) is 5.56. The number of ether oxygens (including phenoxy) is 1. The third-order valence-electron chi connectivity index (χ3n) is 3.67. The van der Waals surface area contributed by atoms with Crippen LogP contribution < -0.4 is 10.1 Å². The molecule has 20 heavy (non-hydrogen) atoms. The van der Waals surface area contributed by atoms with Gasteiger partial charge >= 0.3 is 0 Å². The molecule has 0 atom stereocenters. The van der Waals surface area contributed by atoms with Gasteiger partial charge in [-0.25, -0.2) is 0 Å². The Hall–Kier alpha value is -0.670. The zero-order chi connectivity index (χ0) is 14.2. The lowest BCUT2D eigenvalue weighted by Gasteiger charge is -2.11. The van der Waals surface area contributed by atoms with Gasteiger partial charge in [0.1, 0.15) is 5.75 Å². The van der Waals surface area contributed by atoms with Gasteiger partial charge in [0.15, 0.2) is 0 Å². The van der Waals surface area contributed by atoms with E-state index in [4.69, 9.17) is 4.74 Å². The summed E-state index contributed by atoms with van der Waals surface area (Å²) in [6.45, 7) is 3.24. The van der Waals surface area contributed by atoms with Crippen LogP contribution in [0.25, 0.3) is 0 Å². The highest BCUT2D eigenvalue weighted by atomic mass is 32.2. The average Bonchev–Trinajstić information content (AvgIpc) is 3.29. The Morgan fingerprint density at radius 1 is 1.30 bits per heavy atom. The van der Waals surface area contributed by atoms with Crippen molar-refractivity contribution in [3.63, 3.8) is 0 Å². The first-order valence-electron chi connectivity index (χ1n) is 7.80. The van der Waals surface area contributed by atoms with Crippen molar-refractivity contribution in [2.45, 2.75) is 57.4 Å². The Bertz CT molecular complexity index is 404. The second-order valence-corrected chi connectivity index (χ2v) is 6.67. The molecule has 1 N–H and O–H groups in total. The number of hydrogen-bond acceptors (Lipinski definition) is 3. The number of hydrogen-bond donors (Lipinski definition) is 1. The van der Waals surface area contributed by atoms with E-state index in [-0.39, 0.29) is 0 Å². The molecule has 1 saturated carbocycles. The fourth-order valence-electron chi connectivity index (χ4n) is 2.24. The van der Waals surface area contributed by atoms with Crippen molar-refractivity contribution < 1.29 is 4.74 Å². The van der Waals surface area contributed by atoms with Crippen LogP contribution in [0.2, 0.25) is 0 Å². The minimum atomic E-state index is 0.768. The van der Waals surface area contributed by atoms with Crippen LogP contribution in [0.5, 0.6) is 5.75 Å². The Kier molecular flexibility index (Phi) is 6.74. The van der Waals surface area contributed by atoms with Gasteiger partial charge in [0, 0.05) is 23.9 Å². The summed E-state index contributed by atoms with van der Waals surface area (Å²) >= 11 is 2.02. The summed E-state index contributed by atoms with van der Waals surface area (Å²) in [5.74, 6) is 3.34. The van der Waals surface area contributed by atoms with Gasteiger partial charge in [-0.2, -0.15) is 11.8 Å². The maximum atomic E-state index is 5.48. The van der Waals surface area contributed by atoms with Crippen LogP contribution in [0.1, 0.15) is 50.2 Å². The molecule has 2 rings (SSSR count). The van der Waals surface area contributed by atoms with Crippen LogP contribution in [0, 0.1) is 0 Å². The standard InChI is InChI=1S/C17H27NOS/c1-3-4-5-10-20-13-15-11-14(6-9-17(15)19-2)12-18-16-7-8-16/h6,9,11,16,18H,3-5,7-8,10,12-13H2,1-2H3. The van der Waals surface area contributed by atoms with E-state index in [0.29, 0.717) is 0 Å². The summed E-state index contributed by atoms with van der Waals surface area (Å²) in [7, 11) is 1.77. The highest BCUT2D eigenvalue weighted by Gasteiger charge is 2.20. The van der Waals surface area contributed by atoms with E-state index in [1.54, 1.807) is 7.11 Å². The average molecular weight is 293 g/mol. The zero-order valence-electron chi connectivity index (χ0n) is 12.8. The Labute approximate surface area is 127 Å². The molecule has 0 aliphatic heterocycles. The van der Waals surface area contributed by atoms with E-state index in [9.17, 15) is 0 Å². The topological polar surface area (TPSA) is 21.3 Å². The highest BCUT2D eigenvalue weighted by molar-refractivity contribution is 7.98. The molecule has 1 aromatic rings. The third kappa shape index (κ3) is 5.37. The highest BCUT2D eigenvalue weighted by Crippen LogP contribution is 2.26. The van der Waals surface area contributed by atoms with E-state index >= 15 is 0 Å². The number of nitrogens with one attached hydrogen (secondary N) is 1. The quantitative estimate of drug-likeness (QED) is 0.647. The van der Waals surface area contributed by atoms with Crippen LogP contribution in [0.15, 0.2) is 18.2 Å². The van der Waals surface area contributed by atoms with Gasteiger partial charge in [-0.3, -0.25) is 0 Å². The van der Waals surface area contributed by atoms with Gasteiger partial charge in [0.05, 0.1) is 7.11 Å². The number of rotatable bonds is 10. The van der Waals surface area contributed by atoms with E-state index < -0.39 is 0 Å². The molecule has 3 heteroatoms.